The van der Waals surface area contributed by atoms with E-state index in [2.05, 4.69) is 10.6 Å². The van der Waals surface area contributed by atoms with Crippen molar-refractivity contribution in [2.24, 2.45) is 0 Å². The second kappa shape index (κ2) is 5.68. The molecule has 118 valence electrons. The summed E-state index contributed by atoms with van der Waals surface area (Å²) in [6, 6.07) is 7.31. The smallest absolute Gasteiger partial charge is 0.265 e. The summed E-state index contributed by atoms with van der Waals surface area (Å²) in [6.45, 7) is 1.58. The highest BCUT2D eigenvalue weighted by Gasteiger charge is 2.24. The molecule has 2 amide bonds. The molecule has 2 N–H and O–H groups in total. The van der Waals surface area contributed by atoms with Gasteiger partial charge in [0.1, 0.15) is 17.4 Å². The van der Waals surface area contributed by atoms with Crippen LogP contribution >= 0.6 is 0 Å². The highest BCUT2D eigenvalue weighted by atomic mass is 19.1. The molecule has 1 aliphatic rings. The topological polar surface area (TPSA) is 67.4 Å². The van der Waals surface area contributed by atoms with Gasteiger partial charge in [-0.1, -0.05) is 0 Å². The standard InChI is InChI=1S/C16H12F2N2O3/c1-8-15(21)20-13-4-2-9(6-14(13)23-8)16(22)19-12-5-3-10(17)7-11(12)18/h2-8H,1H3,(H,19,22)(H,20,21). The maximum atomic E-state index is 13.6. The van der Waals surface area contributed by atoms with E-state index in [0.29, 0.717) is 17.5 Å². The Labute approximate surface area is 130 Å². The van der Waals surface area contributed by atoms with Gasteiger partial charge in [-0.05, 0) is 37.3 Å². The molecule has 7 heteroatoms. The molecule has 0 aromatic heterocycles. The Balaban J connectivity index is 1.83. The van der Waals surface area contributed by atoms with Crippen molar-refractivity contribution in [3.8, 4) is 5.75 Å². The first-order chi connectivity index (χ1) is 10.9. The van der Waals surface area contributed by atoms with Gasteiger partial charge in [0.05, 0.1) is 11.4 Å². The van der Waals surface area contributed by atoms with Gasteiger partial charge in [0.15, 0.2) is 6.10 Å². The van der Waals surface area contributed by atoms with Crippen molar-refractivity contribution in [2.45, 2.75) is 13.0 Å². The number of nitrogens with one attached hydrogen (secondary N) is 2. The third-order valence-electron chi connectivity index (χ3n) is 3.35. The van der Waals surface area contributed by atoms with Crippen molar-refractivity contribution in [1.82, 2.24) is 0 Å². The Hall–Kier alpha value is -2.96. The van der Waals surface area contributed by atoms with Gasteiger partial charge in [-0.2, -0.15) is 0 Å². The molecule has 5 nitrogen and oxygen atoms in total. The van der Waals surface area contributed by atoms with Crippen molar-refractivity contribution >= 4 is 23.2 Å². The van der Waals surface area contributed by atoms with E-state index in [1.54, 1.807) is 6.92 Å². The van der Waals surface area contributed by atoms with E-state index in [0.717, 1.165) is 12.1 Å². The zero-order chi connectivity index (χ0) is 16.6. The highest BCUT2D eigenvalue weighted by Crippen LogP contribution is 2.30. The number of hydrogen-bond acceptors (Lipinski definition) is 3. The monoisotopic (exact) mass is 318 g/mol. The predicted molar refractivity (Wildman–Crippen MR) is 79.5 cm³/mol. The van der Waals surface area contributed by atoms with Crippen LogP contribution in [0.4, 0.5) is 20.2 Å². The lowest BCUT2D eigenvalue weighted by molar-refractivity contribution is -0.122. The molecule has 0 radical (unpaired) electrons. The molecule has 0 saturated carbocycles. The van der Waals surface area contributed by atoms with Crippen LogP contribution in [0.2, 0.25) is 0 Å². The number of rotatable bonds is 2. The third kappa shape index (κ3) is 2.98. The van der Waals surface area contributed by atoms with Gasteiger partial charge >= 0.3 is 0 Å². The van der Waals surface area contributed by atoms with Crippen LogP contribution in [0.15, 0.2) is 36.4 Å². The quantitative estimate of drug-likeness (QED) is 0.894. The Morgan fingerprint density at radius 1 is 1.22 bits per heavy atom. The number of hydrogen-bond donors (Lipinski definition) is 2. The lowest BCUT2D eigenvalue weighted by Gasteiger charge is -2.23. The number of fused-ring (bicyclic) bond motifs is 1. The fraction of sp³-hybridized carbons (Fsp3) is 0.125. The molecule has 2 aromatic carbocycles. The minimum absolute atomic E-state index is 0.128. The number of benzene rings is 2. The van der Waals surface area contributed by atoms with Crippen LogP contribution in [0.1, 0.15) is 17.3 Å². The van der Waals surface area contributed by atoms with Gasteiger partial charge in [0, 0.05) is 11.6 Å². The van der Waals surface area contributed by atoms with E-state index < -0.39 is 23.6 Å². The van der Waals surface area contributed by atoms with E-state index in [1.165, 1.54) is 18.2 Å². The van der Waals surface area contributed by atoms with Gasteiger partial charge in [0.2, 0.25) is 0 Å². The summed E-state index contributed by atoms with van der Waals surface area (Å²) in [4.78, 5) is 23.7. The minimum Gasteiger partial charge on any atom is -0.479 e. The first-order valence-corrected chi connectivity index (χ1v) is 6.82. The molecule has 1 atom stereocenters. The molecule has 0 fully saturated rings. The molecule has 3 rings (SSSR count). The highest BCUT2D eigenvalue weighted by molar-refractivity contribution is 6.06. The van der Waals surface area contributed by atoms with Crippen LogP contribution in [0.5, 0.6) is 5.75 Å². The molecule has 0 bridgehead atoms. The summed E-state index contributed by atoms with van der Waals surface area (Å²) in [5.74, 6) is -2.10. The molecule has 0 saturated heterocycles. The average molecular weight is 318 g/mol. The van der Waals surface area contributed by atoms with E-state index >= 15 is 0 Å². The minimum atomic E-state index is -0.867. The maximum Gasteiger partial charge on any atom is 0.265 e. The van der Waals surface area contributed by atoms with Gasteiger partial charge in [-0.3, -0.25) is 9.59 Å². The lowest BCUT2D eigenvalue weighted by Crippen LogP contribution is -2.34. The molecule has 0 spiro atoms. The zero-order valence-electron chi connectivity index (χ0n) is 12.0. The number of halogens is 2. The summed E-state index contributed by atoms with van der Waals surface area (Å²) in [6.07, 6.45) is -0.671. The molecule has 1 aliphatic heterocycles. The number of amides is 2. The second-order valence-electron chi connectivity index (χ2n) is 5.04. The van der Waals surface area contributed by atoms with Crippen LogP contribution in [0.25, 0.3) is 0 Å². The second-order valence-corrected chi connectivity index (χ2v) is 5.04. The van der Waals surface area contributed by atoms with Gasteiger partial charge in [-0.15, -0.1) is 0 Å². The summed E-state index contributed by atoms with van der Waals surface area (Å²) >= 11 is 0. The first kappa shape index (κ1) is 15.0. The fourth-order valence-corrected chi connectivity index (χ4v) is 2.13. The molecular weight excluding hydrogens is 306 g/mol. The zero-order valence-corrected chi connectivity index (χ0v) is 12.0. The van der Waals surface area contributed by atoms with E-state index in [4.69, 9.17) is 4.74 Å². The molecular formula is C16H12F2N2O3. The Morgan fingerprint density at radius 3 is 2.74 bits per heavy atom. The van der Waals surface area contributed by atoms with Crippen LogP contribution in [0.3, 0.4) is 0 Å². The molecule has 23 heavy (non-hydrogen) atoms. The SMILES string of the molecule is CC1Oc2cc(C(=O)Nc3ccc(F)cc3F)ccc2NC1=O. The van der Waals surface area contributed by atoms with E-state index in [9.17, 15) is 18.4 Å². The fourth-order valence-electron chi connectivity index (χ4n) is 2.13. The van der Waals surface area contributed by atoms with Crippen molar-refractivity contribution in [1.29, 1.82) is 0 Å². The first-order valence-electron chi connectivity index (χ1n) is 6.82. The summed E-state index contributed by atoms with van der Waals surface area (Å²) in [5, 5.41) is 5.00. The number of carbonyl (C=O) groups is 2. The van der Waals surface area contributed by atoms with Gasteiger partial charge < -0.3 is 15.4 Å². The summed E-state index contributed by atoms with van der Waals surface area (Å²) in [5.41, 5.74) is 0.546. The maximum absolute atomic E-state index is 13.6. The molecule has 1 unspecified atom stereocenters. The van der Waals surface area contributed by atoms with Crippen molar-refractivity contribution < 1.29 is 23.1 Å². The Bertz CT molecular complexity index is 808. The Morgan fingerprint density at radius 2 is 2.00 bits per heavy atom. The van der Waals surface area contributed by atoms with Crippen LogP contribution in [-0.2, 0) is 4.79 Å². The van der Waals surface area contributed by atoms with Crippen molar-refractivity contribution in [3.63, 3.8) is 0 Å². The molecule has 1 heterocycles. The summed E-state index contributed by atoms with van der Waals surface area (Å²) in [7, 11) is 0. The molecule has 0 aliphatic carbocycles. The van der Waals surface area contributed by atoms with Gasteiger partial charge in [0.25, 0.3) is 11.8 Å². The number of anilines is 2. The molecule has 2 aromatic rings. The van der Waals surface area contributed by atoms with Gasteiger partial charge in [-0.25, -0.2) is 8.78 Å². The van der Waals surface area contributed by atoms with Crippen molar-refractivity contribution in [3.05, 3.63) is 53.6 Å². The third-order valence-corrected chi connectivity index (χ3v) is 3.35. The van der Waals surface area contributed by atoms with E-state index in [1.807, 2.05) is 0 Å². The van der Waals surface area contributed by atoms with Crippen LogP contribution < -0.4 is 15.4 Å². The van der Waals surface area contributed by atoms with Crippen LogP contribution in [0, 0.1) is 11.6 Å². The van der Waals surface area contributed by atoms with E-state index in [-0.39, 0.29) is 17.2 Å². The predicted octanol–water partition coefficient (Wildman–Crippen LogP) is 2.94. The number of carbonyl (C=O) groups excluding carboxylic acids is 2. The average Bonchev–Trinajstić information content (AvgIpc) is 2.50. The van der Waals surface area contributed by atoms with Crippen LogP contribution in [-0.4, -0.2) is 17.9 Å². The summed E-state index contributed by atoms with van der Waals surface area (Å²) < 4.78 is 31.8. The normalized spacial score (nSPS) is 16.1. The lowest BCUT2D eigenvalue weighted by atomic mass is 10.1. The largest absolute Gasteiger partial charge is 0.479 e. The Kier molecular flexibility index (Phi) is 3.69. The number of ether oxygens (including phenoxy) is 1. The van der Waals surface area contributed by atoms with Crippen molar-refractivity contribution in [2.75, 3.05) is 10.6 Å².